The summed E-state index contributed by atoms with van der Waals surface area (Å²) in [6.07, 6.45) is -3.31. The first-order valence-corrected chi connectivity index (χ1v) is 5.72. The Morgan fingerprint density at radius 3 is 2.53 bits per heavy atom. The van der Waals surface area contributed by atoms with E-state index in [4.69, 9.17) is 16.7 Å². The number of carboxylic acids is 1. The quantitative estimate of drug-likeness (QED) is 0.927. The van der Waals surface area contributed by atoms with Gasteiger partial charge in [0.2, 0.25) is 0 Å². The van der Waals surface area contributed by atoms with Gasteiger partial charge in [-0.3, -0.25) is 0 Å². The number of halogens is 4. The smallest absolute Gasteiger partial charge is 0.405 e. The fourth-order valence-electron chi connectivity index (χ4n) is 1.49. The van der Waals surface area contributed by atoms with Crippen LogP contribution in [-0.4, -0.2) is 34.8 Å². The Morgan fingerprint density at radius 2 is 2.11 bits per heavy atom. The van der Waals surface area contributed by atoms with Crippen LogP contribution in [-0.2, 0) is 0 Å². The van der Waals surface area contributed by atoms with Crippen LogP contribution in [0.1, 0.15) is 24.2 Å². The topological polar surface area (TPSA) is 53.4 Å². The molecule has 0 fully saturated rings. The molecule has 1 N–H and O–H groups in total. The van der Waals surface area contributed by atoms with Crippen LogP contribution < -0.4 is 4.90 Å². The summed E-state index contributed by atoms with van der Waals surface area (Å²) in [4.78, 5) is 15.6. The zero-order chi connectivity index (χ0) is 14.8. The Hall–Kier alpha value is -1.50. The maximum Gasteiger partial charge on any atom is 0.405 e. The fraction of sp³-hybridized carbons (Fsp3) is 0.455. The molecule has 0 spiro atoms. The van der Waals surface area contributed by atoms with E-state index in [9.17, 15) is 18.0 Å². The van der Waals surface area contributed by atoms with Crippen molar-refractivity contribution in [3.05, 3.63) is 22.8 Å². The summed E-state index contributed by atoms with van der Waals surface area (Å²) in [7, 11) is 0. The number of aromatic carboxylic acids is 1. The average Bonchev–Trinajstić information content (AvgIpc) is 2.24. The van der Waals surface area contributed by atoms with Gasteiger partial charge in [0.25, 0.3) is 0 Å². The monoisotopic (exact) mass is 296 g/mol. The van der Waals surface area contributed by atoms with Crippen molar-refractivity contribution >= 4 is 23.4 Å². The van der Waals surface area contributed by atoms with E-state index in [0.717, 1.165) is 17.2 Å². The third-order valence-corrected chi connectivity index (χ3v) is 2.72. The van der Waals surface area contributed by atoms with Crippen molar-refractivity contribution in [1.29, 1.82) is 0 Å². The molecule has 0 unspecified atom stereocenters. The maximum atomic E-state index is 12.5. The minimum atomic E-state index is -4.44. The van der Waals surface area contributed by atoms with E-state index >= 15 is 0 Å². The van der Waals surface area contributed by atoms with E-state index in [1.807, 2.05) is 0 Å². The zero-order valence-corrected chi connectivity index (χ0v) is 11.0. The Labute approximate surface area is 112 Å². The van der Waals surface area contributed by atoms with Crippen LogP contribution in [0.2, 0.25) is 5.02 Å². The van der Waals surface area contributed by atoms with E-state index in [1.54, 1.807) is 0 Å². The van der Waals surface area contributed by atoms with Gasteiger partial charge in [0, 0.05) is 12.2 Å². The van der Waals surface area contributed by atoms with E-state index in [2.05, 4.69) is 4.98 Å². The lowest BCUT2D eigenvalue weighted by molar-refractivity contribution is -0.120. The molecule has 1 aromatic rings. The summed E-state index contributed by atoms with van der Waals surface area (Å²) in [6, 6.07) is 0.607. The Bertz CT molecular complexity index is 477. The fourth-order valence-corrected chi connectivity index (χ4v) is 1.79. The van der Waals surface area contributed by atoms with Crippen LogP contribution in [0, 0.1) is 0 Å². The maximum absolute atomic E-state index is 12.5. The normalized spacial score (nSPS) is 11.7. The average molecular weight is 297 g/mol. The molecule has 1 aromatic heterocycles. The molecule has 0 aliphatic heterocycles. The van der Waals surface area contributed by atoms with Crippen LogP contribution in [0.5, 0.6) is 0 Å². The Kier molecular flexibility index (Phi) is 4.62. The van der Waals surface area contributed by atoms with Crippen LogP contribution in [0.15, 0.2) is 12.3 Å². The molecule has 4 nitrogen and oxygen atoms in total. The summed E-state index contributed by atoms with van der Waals surface area (Å²) in [5, 5.41) is 8.59. The molecule has 0 atom stereocenters. The van der Waals surface area contributed by atoms with Crippen LogP contribution in [0.3, 0.4) is 0 Å². The van der Waals surface area contributed by atoms with E-state index in [0.29, 0.717) is 0 Å². The highest BCUT2D eigenvalue weighted by molar-refractivity contribution is 6.35. The van der Waals surface area contributed by atoms with E-state index in [-0.39, 0.29) is 16.4 Å². The molecule has 0 saturated heterocycles. The third-order valence-electron chi connectivity index (χ3n) is 2.35. The molecule has 0 aliphatic carbocycles. The highest BCUT2D eigenvalue weighted by Crippen LogP contribution is 2.30. The van der Waals surface area contributed by atoms with Crippen molar-refractivity contribution in [3.8, 4) is 0 Å². The minimum Gasteiger partial charge on any atom is -0.478 e. The second-order valence-electron chi connectivity index (χ2n) is 4.14. The number of hydrogen-bond donors (Lipinski definition) is 1. The van der Waals surface area contributed by atoms with Gasteiger partial charge in [0.1, 0.15) is 12.4 Å². The third kappa shape index (κ3) is 3.99. The van der Waals surface area contributed by atoms with Crippen molar-refractivity contribution < 1.29 is 23.1 Å². The number of pyridine rings is 1. The number of rotatable bonds is 4. The molecule has 0 aromatic carbocycles. The first-order chi connectivity index (χ1) is 8.63. The van der Waals surface area contributed by atoms with Crippen molar-refractivity contribution in [1.82, 2.24) is 4.98 Å². The molecule has 106 valence electrons. The van der Waals surface area contributed by atoms with E-state index in [1.165, 1.54) is 13.8 Å². The second-order valence-corrected chi connectivity index (χ2v) is 4.52. The summed E-state index contributed by atoms with van der Waals surface area (Å²) in [6.45, 7) is 1.83. The van der Waals surface area contributed by atoms with Gasteiger partial charge in [-0.2, -0.15) is 13.2 Å². The summed E-state index contributed by atoms with van der Waals surface area (Å²) in [5.41, 5.74) is -0.278. The lowest BCUT2D eigenvalue weighted by Gasteiger charge is -2.29. The van der Waals surface area contributed by atoms with E-state index < -0.39 is 24.7 Å². The predicted molar refractivity (Wildman–Crippen MR) is 64.7 cm³/mol. The molecule has 0 radical (unpaired) electrons. The van der Waals surface area contributed by atoms with Gasteiger partial charge in [-0.15, -0.1) is 0 Å². The van der Waals surface area contributed by atoms with Crippen molar-refractivity contribution in [2.24, 2.45) is 0 Å². The number of hydrogen-bond acceptors (Lipinski definition) is 3. The van der Waals surface area contributed by atoms with Gasteiger partial charge in [0.05, 0.1) is 10.6 Å². The molecule has 0 saturated carbocycles. The first kappa shape index (κ1) is 15.6. The zero-order valence-electron chi connectivity index (χ0n) is 10.2. The number of nitrogens with zero attached hydrogens (tertiary/aromatic N) is 2. The first-order valence-electron chi connectivity index (χ1n) is 5.34. The predicted octanol–water partition coefficient (Wildman–Crippen LogP) is 3.21. The lowest BCUT2D eigenvalue weighted by Crippen LogP contribution is -2.40. The molecular weight excluding hydrogens is 285 g/mol. The molecule has 0 amide bonds. The number of alkyl halides is 3. The van der Waals surface area contributed by atoms with Crippen LogP contribution in [0.25, 0.3) is 0 Å². The summed E-state index contributed by atoms with van der Waals surface area (Å²) < 4.78 is 37.5. The summed E-state index contributed by atoms with van der Waals surface area (Å²) >= 11 is 5.82. The molecule has 19 heavy (non-hydrogen) atoms. The molecular formula is C11H12ClF3N2O2. The molecule has 1 heterocycles. The van der Waals surface area contributed by atoms with Crippen LogP contribution >= 0.6 is 11.6 Å². The molecule has 0 aliphatic rings. The number of anilines is 1. The summed E-state index contributed by atoms with van der Waals surface area (Å²) in [5.74, 6) is -1.50. The van der Waals surface area contributed by atoms with Gasteiger partial charge in [0.15, 0.2) is 0 Å². The second kappa shape index (κ2) is 5.64. The molecule has 0 bridgehead atoms. The van der Waals surface area contributed by atoms with Crippen LogP contribution in [0.4, 0.5) is 19.0 Å². The van der Waals surface area contributed by atoms with Crippen molar-refractivity contribution in [2.75, 3.05) is 11.4 Å². The van der Waals surface area contributed by atoms with Gasteiger partial charge >= 0.3 is 12.1 Å². The van der Waals surface area contributed by atoms with Gasteiger partial charge in [-0.25, -0.2) is 9.78 Å². The number of aromatic nitrogens is 1. The molecule has 8 heteroatoms. The Balaban J connectivity index is 3.24. The Morgan fingerprint density at radius 1 is 1.53 bits per heavy atom. The van der Waals surface area contributed by atoms with Crippen molar-refractivity contribution in [2.45, 2.75) is 26.1 Å². The van der Waals surface area contributed by atoms with Gasteiger partial charge in [-0.05, 0) is 19.9 Å². The van der Waals surface area contributed by atoms with Gasteiger partial charge < -0.3 is 10.0 Å². The molecule has 1 rings (SSSR count). The lowest BCUT2D eigenvalue weighted by atomic mass is 10.2. The highest BCUT2D eigenvalue weighted by Gasteiger charge is 2.33. The number of carboxylic acid groups (broad SMARTS) is 1. The van der Waals surface area contributed by atoms with Crippen molar-refractivity contribution in [3.63, 3.8) is 0 Å². The SMILES string of the molecule is CC(C)N(CC(F)(F)F)c1nccc(C(=O)O)c1Cl. The minimum absolute atomic E-state index is 0.186. The van der Waals surface area contributed by atoms with Gasteiger partial charge in [-0.1, -0.05) is 11.6 Å². The number of carbonyl (C=O) groups is 1. The standard InChI is InChI=1S/C11H12ClF3N2O2/c1-6(2)17(5-11(13,14)15)9-8(12)7(10(18)19)3-4-16-9/h3-4,6H,5H2,1-2H3,(H,18,19). The largest absolute Gasteiger partial charge is 0.478 e. The highest BCUT2D eigenvalue weighted by atomic mass is 35.5.